The molecule has 1 amide bonds. The third-order valence-electron chi connectivity index (χ3n) is 1.80. The lowest BCUT2D eigenvalue weighted by molar-refractivity contribution is -0.139. The van der Waals surface area contributed by atoms with E-state index in [9.17, 15) is 18.4 Å². The average Bonchev–Trinajstić information content (AvgIpc) is 2.21. The molecule has 5 nitrogen and oxygen atoms in total. The number of rotatable bonds is 5. The molecule has 1 aromatic carbocycles. The van der Waals surface area contributed by atoms with Crippen LogP contribution in [0.15, 0.2) is 16.6 Å². The molecule has 9 heteroatoms. The molecule has 0 atom stereocenters. The highest BCUT2D eigenvalue weighted by Crippen LogP contribution is 2.37. The fourth-order valence-electron chi connectivity index (χ4n) is 1.19. The first kappa shape index (κ1) is 15.6. The van der Waals surface area contributed by atoms with E-state index in [-0.39, 0.29) is 20.9 Å². The van der Waals surface area contributed by atoms with E-state index >= 15 is 0 Å². The van der Waals surface area contributed by atoms with E-state index in [1.807, 2.05) is 0 Å². The Hall–Kier alpha value is -1.41. The van der Waals surface area contributed by atoms with Crippen molar-refractivity contribution < 1.29 is 28.2 Å². The zero-order valence-electron chi connectivity index (χ0n) is 9.12. The lowest BCUT2D eigenvalue weighted by Gasteiger charge is -2.13. The fraction of sp³-hybridized carbons (Fsp3) is 0.200. The van der Waals surface area contributed by atoms with Crippen LogP contribution in [0.5, 0.6) is 5.75 Å². The zero-order valence-corrected chi connectivity index (χ0v) is 11.5. The molecule has 0 aliphatic heterocycles. The molecule has 2 N–H and O–H groups in total. The van der Waals surface area contributed by atoms with Gasteiger partial charge in [0.15, 0.2) is 5.75 Å². The predicted octanol–water partition coefficient (Wildman–Crippen LogP) is 3.12. The number of carboxylic acid groups (broad SMARTS) is 1. The van der Waals surface area contributed by atoms with Crippen molar-refractivity contribution in [2.24, 2.45) is 0 Å². The van der Waals surface area contributed by atoms with Gasteiger partial charge in [-0.25, -0.2) is 0 Å². The number of halogens is 4. The maximum atomic E-state index is 12.2. The average molecular weight is 359 g/mol. The van der Waals surface area contributed by atoms with Gasteiger partial charge >= 0.3 is 12.6 Å². The van der Waals surface area contributed by atoms with Gasteiger partial charge in [-0.1, -0.05) is 11.6 Å². The molecule has 0 spiro atoms. The minimum absolute atomic E-state index is 0.103. The first-order valence-corrected chi connectivity index (χ1v) is 5.92. The van der Waals surface area contributed by atoms with Crippen molar-refractivity contribution in [1.82, 2.24) is 0 Å². The van der Waals surface area contributed by atoms with Crippen molar-refractivity contribution in [3.8, 4) is 5.75 Å². The molecule has 1 rings (SSSR count). The Bertz CT molecular complexity index is 513. The van der Waals surface area contributed by atoms with Crippen LogP contribution in [0.3, 0.4) is 0 Å². The molecule has 0 saturated heterocycles. The summed E-state index contributed by atoms with van der Waals surface area (Å²) < 4.78 is 28.8. The zero-order chi connectivity index (χ0) is 14.6. The van der Waals surface area contributed by atoms with Gasteiger partial charge in [0.1, 0.15) is 6.42 Å². The number of anilines is 1. The van der Waals surface area contributed by atoms with Crippen LogP contribution in [-0.4, -0.2) is 23.6 Å². The van der Waals surface area contributed by atoms with E-state index in [2.05, 4.69) is 26.0 Å². The summed E-state index contributed by atoms with van der Waals surface area (Å²) in [6.45, 7) is -3.10. The van der Waals surface area contributed by atoms with Crippen molar-refractivity contribution in [3.05, 3.63) is 21.6 Å². The number of hydrogen-bond acceptors (Lipinski definition) is 3. The topological polar surface area (TPSA) is 75.6 Å². The monoisotopic (exact) mass is 357 g/mol. The van der Waals surface area contributed by atoms with Crippen LogP contribution >= 0.6 is 27.5 Å². The fourth-order valence-corrected chi connectivity index (χ4v) is 2.10. The van der Waals surface area contributed by atoms with Crippen molar-refractivity contribution in [1.29, 1.82) is 0 Å². The Kier molecular flexibility index (Phi) is 5.49. The molecule has 0 heterocycles. The molecule has 0 unspecified atom stereocenters. The number of carbonyl (C=O) groups is 2. The normalized spacial score (nSPS) is 10.4. The van der Waals surface area contributed by atoms with E-state index in [1.54, 1.807) is 0 Å². The molecule has 0 radical (unpaired) electrons. The van der Waals surface area contributed by atoms with Crippen LogP contribution in [0, 0.1) is 0 Å². The van der Waals surface area contributed by atoms with Crippen LogP contribution in [0.25, 0.3) is 0 Å². The number of nitrogens with one attached hydrogen (secondary N) is 1. The molecule has 1 aromatic rings. The lowest BCUT2D eigenvalue weighted by atomic mass is 10.2. The van der Waals surface area contributed by atoms with Crippen LogP contribution in [0.1, 0.15) is 6.42 Å². The van der Waals surface area contributed by atoms with Gasteiger partial charge < -0.3 is 15.2 Å². The third-order valence-corrected chi connectivity index (χ3v) is 2.61. The Morgan fingerprint density at radius 3 is 2.63 bits per heavy atom. The Morgan fingerprint density at radius 2 is 2.11 bits per heavy atom. The summed E-state index contributed by atoms with van der Waals surface area (Å²) in [5, 5.41) is 10.7. The summed E-state index contributed by atoms with van der Waals surface area (Å²) in [4.78, 5) is 21.6. The summed E-state index contributed by atoms with van der Waals surface area (Å²) in [5.41, 5.74) is -0.147. The second-order valence-corrected chi connectivity index (χ2v) is 4.55. The van der Waals surface area contributed by atoms with Gasteiger partial charge in [0.2, 0.25) is 5.91 Å². The van der Waals surface area contributed by atoms with Gasteiger partial charge in [0.05, 0.1) is 10.2 Å². The SMILES string of the molecule is O=C(O)CC(=O)Nc1cc(Cl)cc(Br)c1OC(F)F. The second kappa shape index (κ2) is 6.67. The highest BCUT2D eigenvalue weighted by Gasteiger charge is 2.17. The first-order chi connectivity index (χ1) is 8.79. The molecular formula is C10H7BrClF2NO4. The van der Waals surface area contributed by atoms with E-state index in [0.717, 1.165) is 0 Å². The Balaban J connectivity index is 3.03. The predicted molar refractivity (Wildman–Crippen MR) is 66.7 cm³/mol. The van der Waals surface area contributed by atoms with E-state index in [1.165, 1.54) is 12.1 Å². The standard InChI is InChI=1S/C10H7BrClF2NO4/c11-5-1-4(12)2-6(9(5)19-10(13)14)15-7(16)3-8(17)18/h1-2,10H,3H2,(H,15,16)(H,17,18). The van der Waals surface area contributed by atoms with Crippen LogP contribution in [0.4, 0.5) is 14.5 Å². The van der Waals surface area contributed by atoms with Gasteiger partial charge in [0, 0.05) is 5.02 Å². The maximum Gasteiger partial charge on any atom is 0.387 e. The van der Waals surface area contributed by atoms with Crippen LogP contribution < -0.4 is 10.1 Å². The van der Waals surface area contributed by atoms with Gasteiger partial charge in [-0.05, 0) is 28.1 Å². The number of aliphatic carboxylic acids is 1. The van der Waals surface area contributed by atoms with Gasteiger partial charge in [-0.15, -0.1) is 0 Å². The van der Waals surface area contributed by atoms with Gasteiger partial charge in [0.25, 0.3) is 0 Å². The summed E-state index contributed by atoms with van der Waals surface area (Å²) in [6, 6.07) is 2.47. The molecule has 19 heavy (non-hydrogen) atoms. The van der Waals surface area contributed by atoms with E-state index in [4.69, 9.17) is 16.7 Å². The summed E-state index contributed by atoms with van der Waals surface area (Å²) in [6.07, 6.45) is -0.807. The second-order valence-electron chi connectivity index (χ2n) is 3.26. The molecular weight excluding hydrogens is 351 g/mol. The number of benzene rings is 1. The first-order valence-electron chi connectivity index (χ1n) is 4.75. The maximum absolute atomic E-state index is 12.2. The molecule has 104 valence electrons. The van der Waals surface area contributed by atoms with Crippen molar-refractivity contribution in [2.75, 3.05) is 5.32 Å². The molecule has 0 aliphatic rings. The Morgan fingerprint density at radius 1 is 1.47 bits per heavy atom. The summed E-state index contributed by atoms with van der Waals surface area (Å²) in [7, 11) is 0. The number of ether oxygens (including phenoxy) is 1. The van der Waals surface area contributed by atoms with Crippen molar-refractivity contribution >= 4 is 45.1 Å². The number of hydrogen-bond donors (Lipinski definition) is 2. The highest BCUT2D eigenvalue weighted by molar-refractivity contribution is 9.10. The molecule has 0 bridgehead atoms. The lowest BCUT2D eigenvalue weighted by Crippen LogP contribution is -2.17. The van der Waals surface area contributed by atoms with E-state index < -0.39 is 24.9 Å². The number of alkyl halides is 2. The van der Waals surface area contributed by atoms with Crippen molar-refractivity contribution in [2.45, 2.75) is 13.0 Å². The van der Waals surface area contributed by atoms with Gasteiger partial charge in [-0.2, -0.15) is 8.78 Å². The minimum atomic E-state index is -3.10. The minimum Gasteiger partial charge on any atom is -0.481 e. The smallest absolute Gasteiger partial charge is 0.387 e. The Labute approximate surface area is 119 Å². The largest absolute Gasteiger partial charge is 0.481 e. The third kappa shape index (κ3) is 4.99. The molecule has 0 aromatic heterocycles. The van der Waals surface area contributed by atoms with Crippen LogP contribution in [0.2, 0.25) is 5.02 Å². The van der Waals surface area contributed by atoms with Crippen LogP contribution in [-0.2, 0) is 9.59 Å². The van der Waals surface area contributed by atoms with Gasteiger partial charge in [-0.3, -0.25) is 9.59 Å². The van der Waals surface area contributed by atoms with Crippen molar-refractivity contribution in [3.63, 3.8) is 0 Å². The highest BCUT2D eigenvalue weighted by atomic mass is 79.9. The summed E-state index contributed by atoms with van der Waals surface area (Å²) in [5.74, 6) is -2.58. The number of carboxylic acids is 1. The molecule has 0 saturated carbocycles. The summed E-state index contributed by atoms with van der Waals surface area (Å²) >= 11 is 8.66. The number of carbonyl (C=O) groups excluding carboxylic acids is 1. The van der Waals surface area contributed by atoms with E-state index in [0.29, 0.717) is 0 Å². The molecule has 0 fully saturated rings. The number of amides is 1. The quantitative estimate of drug-likeness (QED) is 0.793. The molecule has 0 aliphatic carbocycles.